The van der Waals surface area contributed by atoms with E-state index in [1.54, 1.807) is 0 Å². The van der Waals surface area contributed by atoms with E-state index in [0.29, 0.717) is 11.3 Å². The van der Waals surface area contributed by atoms with Crippen LogP contribution in [0.5, 0.6) is 5.75 Å². The second-order valence-electron chi connectivity index (χ2n) is 6.21. The summed E-state index contributed by atoms with van der Waals surface area (Å²) in [5, 5.41) is 15.8. The van der Waals surface area contributed by atoms with Gasteiger partial charge in [0, 0.05) is 22.5 Å². The fraction of sp³-hybridized carbons (Fsp3) is 0.222. The Morgan fingerprint density at radius 1 is 1.27 bits per heavy atom. The van der Waals surface area contributed by atoms with Gasteiger partial charge in [0.15, 0.2) is 11.6 Å². The monoisotopic (exact) mass is 465 g/mol. The van der Waals surface area contributed by atoms with Crippen molar-refractivity contribution in [1.82, 2.24) is 4.57 Å². The molecule has 0 saturated carbocycles. The summed E-state index contributed by atoms with van der Waals surface area (Å²) in [6, 6.07) is 2.86. The van der Waals surface area contributed by atoms with E-state index in [2.05, 4.69) is 0 Å². The molecule has 2 aromatic heterocycles. The maximum absolute atomic E-state index is 13.9. The fourth-order valence-corrected chi connectivity index (χ4v) is 4.73. The summed E-state index contributed by atoms with van der Waals surface area (Å²) in [5.74, 6) is -3.80. The van der Waals surface area contributed by atoms with Gasteiger partial charge in [-0.05, 0) is 36.4 Å². The largest absolute Gasteiger partial charge is 0.505 e. The van der Waals surface area contributed by atoms with Crippen molar-refractivity contribution in [3.05, 3.63) is 46.2 Å². The summed E-state index contributed by atoms with van der Waals surface area (Å²) in [5.41, 5.74) is 0.168. The smallest absolute Gasteiger partial charge is 0.358 e. The number of aliphatic carboxylic acids is 1. The molecule has 0 atom stereocenters. The molecule has 2 N–H and O–H groups in total. The van der Waals surface area contributed by atoms with E-state index >= 15 is 0 Å². The lowest BCUT2D eigenvalue weighted by Crippen LogP contribution is -2.21. The highest BCUT2D eigenvalue weighted by Gasteiger charge is 2.42. The number of halogens is 5. The predicted molar refractivity (Wildman–Crippen MR) is 100 cm³/mol. The van der Waals surface area contributed by atoms with Crippen LogP contribution in [0.1, 0.15) is 21.6 Å². The first-order valence-electron chi connectivity index (χ1n) is 8.14. The van der Waals surface area contributed by atoms with Gasteiger partial charge in [-0.15, -0.1) is 11.3 Å². The second-order valence-corrected chi connectivity index (χ2v) is 8.57. The zero-order valence-corrected chi connectivity index (χ0v) is 16.6. The summed E-state index contributed by atoms with van der Waals surface area (Å²) >= 11 is 0.275. The number of carboxylic acids is 1. The minimum Gasteiger partial charge on any atom is -0.505 e. The van der Waals surface area contributed by atoms with Crippen molar-refractivity contribution in [2.24, 2.45) is 0 Å². The van der Waals surface area contributed by atoms with Crippen LogP contribution in [0.3, 0.4) is 0 Å². The third-order valence-corrected chi connectivity index (χ3v) is 6.28. The van der Waals surface area contributed by atoms with Crippen molar-refractivity contribution in [3.63, 3.8) is 0 Å². The molecule has 0 amide bonds. The minimum atomic E-state index is -4.34. The van der Waals surface area contributed by atoms with Crippen LogP contribution in [0.25, 0.3) is 10.9 Å². The van der Waals surface area contributed by atoms with Crippen molar-refractivity contribution in [1.29, 1.82) is 0 Å². The highest BCUT2D eigenvalue weighted by molar-refractivity contribution is 8.02. The molecule has 0 bridgehead atoms. The number of benzene rings is 1. The Kier molecular flexibility index (Phi) is 5.83. The van der Waals surface area contributed by atoms with E-state index in [9.17, 15) is 36.6 Å². The molecule has 5 nitrogen and oxygen atoms in total. The van der Waals surface area contributed by atoms with Gasteiger partial charge in [-0.3, -0.25) is 14.2 Å². The molecule has 12 heteroatoms. The first kappa shape index (κ1) is 22.1. The molecule has 0 saturated heterocycles. The van der Waals surface area contributed by atoms with Gasteiger partial charge in [0.2, 0.25) is 0 Å². The summed E-state index contributed by atoms with van der Waals surface area (Å²) in [6.45, 7) is 1.41. The van der Waals surface area contributed by atoms with Gasteiger partial charge >= 0.3 is 17.6 Å². The summed E-state index contributed by atoms with van der Waals surface area (Å²) in [7, 11) is 0. The van der Waals surface area contributed by atoms with Crippen LogP contribution in [-0.2, 0) is 11.2 Å². The number of phenols is 1. The molecular weight excluding hydrogens is 453 g/mol. The van der Waals surface area contributed by atoms with E-state index < -0.39 is 41.5 Å². The zero-order valence-electron chi connectivity index (χ0n) is 15.0. The molecule has 0 aliphatic carbocycles. The van der Waals surface area contributed by atoms with Gasteiger partial charge in [-0.1, -0.05) is 0 Å². The topological polar surface area (TPSA) is 79.5 Å². The summed E-state index contributed by atoms with van der Waals surface area (Å²) in [6.07, 6.45) is -4.41. The van der Waals surface area contributed by atoms with Gasteiger partial charge < -0.3 is 10.2 Å². The molecule has 0 radical (unpaired) electrons. The number of carbonyl (C=O) groups excluding carboxylic acids is 1. The molecule has 3 aromatic rings. The highest BCUT2D eigenvalue weighted by Crippen LogP contribution is 2.43. The molecule has 0 fully saturated rings. The number of aromatic nitrogens is 1. The number of thiophene rings is 1. The number of hydrogen-bond acceptors (Lipinski definition) is 5. The van der Waals surface area contributed by atoms with Crippen LogP contribution in [0.2, 0.25) is 0 Å². The van der Waals surface area contributed by atoms with Crippen LogP contribution in [0.15, 0.2) is 27.8 Å². The Hall–Kier alpha value is -2.60. The molecule has 160 valence electrons. The molecular formula is C18H12F5NO4S2. The first-order chi connectivity index (χ1) is 13.9. The molecule has 0 unspecified atom stereocenters. The maximum Gasteiger partial charge on any atom is 0.358 e. The Morgan fingerprint density at radius 3 is 2.53 bits per heavy atom. The van der Waals surface area contributed by atoms with Gasteiger partial charge in [-0.2, -0.15) is 8.78 Å². The van der Waals surface area contributed by atoms with Crippen LogP contribution >= 0.6 is 23.1 Å². The van der Waals surface area contributed by atoms with E-state index in [0.717, 1.165) is 22.8 Å². The van der Waals surface area contributed by atoms with Crippen molar-refractivity contribution in [2.45, 2.75) is 29.2 Å². The number of hydrogen-bond donors (Lipinski definition) is 2. The van der Waals surface area contributed by atoms with Crippen molar-refractivity contribution in [3.8, 4) is 5.75 Å². The number of carbonyl (C=O) groups is 2. The van der Waals surface area contributed by atoms with E-state index in [1.807, 2.05) is 0 Å². The van der Waals surface area contributed by atoms with Crippen LogP contribution in [0.4, 0.5) is 22.0 Å². The predicted octanol–water partition coefficient (Wildman–Crippen LogP) is 5.12. The zero-order chi connectivity index (χ0) is 22.4. The van der Waals surface area contributed by atoms with Crippen molar-refractivity contribution >= 4 is 45.9 Å². The fourth-order valence-electron chi connectivity index (χ4n) is 2.91. The quantitative estimate of drug-likeness (QED) is 0.390. The van der Waals surface area contributed by atoms with E-state index in [4.69, 9.17) is 5.11 Å². The number of carboxylic acid groups (broad SMARTS) is 1. The van der Waals surface area contributed by atoms with Crippen LogP contribution in [-0.4, -0.2) is 38.3 Å². The lowest BCUT2D eigenvalue weighted by atomic mass is 10.1. The van der Waals surface area contributed by atoms with Gasteiger partial charge in [0.05, 0.1) is 21.7 Å². The van der Waals surface area contributed by atoms with Crippen molar-refractivity contribution in [2.75, 3.05) is 0 Å². The summed E-state index contributed by atoms with van der Waals surface area (Å²) < 4.78 is 66.0. The molecule has 2 heterocycles. The van der Waals surface area contributed by atoms with Gasteiger partial charge in [0.25, 0.3) is 5.91 Å². The second kappa shape index (κ2) is 7.91. The number of thioether (sulfide) groups is 1. The number of rotatable bonds is 6. The van der Waals surface area contributed by atoms with E-state index in [-0.39, 0.29) is 43.7 Å². The minimum absolute atomic E-state index is 0.0256. The Bertz CT molecular complexity index is 1160. The highest BCUT2D eigenvalue weighted by atomic mass is 32.2. The van der Waals surface area contributed by atoms with Gasteiger partial charge in [-0.25, -0.2) is 13.2 Å². The Morgan fingerprint density at radius 2 is 1.93 bits per heavy atom. The molecule has 0 spiro atoms. The average molecular weight is 465 g/mol. The summed E-state index contributed by atoms with van der Waals surface area (Å²) in [4.78, 5) is 24.2. The van der Waals surface area contributed by atoms with Crippen molar-refractivity contribution < 1.29 is 41.8 Å². The molecule has 0 aliphatic rings. The number of nitrogens with zero attached hydrogens (tertiary/aromatic N) is 1. The van der Waals surface area contributed by atoms with Gasteiger partial charge in [0.1, 0.15) is 0 Å². The van der Waals surface area contributed by atoms with Crippen LogP contribution in [0, 0.1) is 12.7 Å². The number of aromatic hydroxyl groups is 1. The number of phenolic OH excluding ortho intramolecular Hbond substituents is 1. The lowest BCUT2D eigenvalue weighted by molar-refractivity contribution is -0.136. The lowest BCUT2D eigenvalue weighted by Gasteiger charge is -2.12. The molecule has 0 aliphatic heterocycles. The number of alkyl halides is 4. The normalized spacial score (nSPS) is 12.1. The Balaban J connectivity index is 2.09. The Labute approximate surface area is 173 Å². The molecule has 30 heavy (non-hydrogen) atoms. The maximum atomic E-state index is 13.9. The molecule has 1 aromatic carbocycles. The van der Waals surface area contributed by atoms with Crippen LogP contribution < -0.4 is 0 Å². The molecule has 3 rings (SSSR count). The number of fused-ring (bicyclic) bond motifs is 1. The third-order valence-electron chi connectivity index (χ3n) is 4.25. The SMILES string of the molecule is Cc1c(CC(=O)O)c2cc(O)c(F)cc2n1C(=O)c1csc(SC(F)(F)C(F)F)c1. The van der Waals surface area contributed by atoms with E-state index in [1.165, 1.54) is 12.3 Å². The third kappa shape index (κ3) is 4.01. The average Bonchev–Trinajstić information content (AvgIpc) is 3.18. The first-order valence-corrected chi connectivity index (χ1v) is 9.84. The standard InChI is InChI=1S/C18H12F5NO4S2/c1-7-9(4-14(26)27)10-3-13(25)11(19)5-12(10)24(7)16(28)8-2-15(29-6-8)30-18(22,23)17(20)21/h2-3,5-6,17,25H,4H2,1H3,(H,26,27).